The Morgan fingerprint density at radius 2 is 0.877 bits per heavy atom. The number of alkyl halides is 1. The number of nitro benzene ring substituents is 2. The molecule has 14 nitrogen and oxygen atoms in total. The second-order valence-corrected chi connectivity index (χ2v) is 20.0. The third kappa shape index (κ3) is 14.2. The van der Waals surface area contributed by atoms with E-state index in [2.05, 4.69) is 56.0 Å². The molecule has 0 spiro atoms. The van der Waals surface area contributed by atoms with E-state index in [1.807, 2.05) is 36.4 Å². The third-order valence-electron chi connectivity index (χ3n) is 11.0. The van der Waals surface area contributed by atoms with Gasteiger partial charge in [-0.15, -0.1) is 11.6 Å². The molecule has 340 valence electrons. The fraction of sp³-hybridized carbons (Fsp3) is 0.250. The topological polar surface area (TPSA) is 168 Å². The van der Waals surface area contributed by atoms with Crippen LogP contribution in [0, 0.1) is 20.2 Å². The fourth-order valence-corrected chi connectivity index (χ4v) is 9.92. The van der Waals surface area contributed by atoms with Gasteiger partial charge < -0.3 is 9.80 Å². The molecule has 6 aromatic rings. The Morgan fingerprint density at radius 1 is 0.477 bits per heavy atom. The van der Waals surface area contributed by atoms with E-state index in [4.69, 9.17) is 11.6 Å². The van der Waals surface area contributed by atoms with Gasteiger partial charge in [0, 0.05) is 101 Å². The van der Waals surface area contributed by atoms with Gasteiger partial charge in [-0.25, -0.2) is 16.8 Å². The average molecular weight is 940 g/mol. The number of nitro groups is 2. The Labute approximate surface area is 385 Å². The highest BCUT2D eigenvalue weighted by Crippen LogP contribution is 2.30. The number of halogens is 1. The molecule has 0 bridgehead atoms. The van der Waals surface area contributed by atoms with Crippen molar-refractivity contribution in [1.82, 2.24) is 9.80 Å². The molecule has 0 N–H and O–H groups in total. The summed E-state index contributed by atoms with van der Waals surface area (Å²) in [6.07, 6.45) is 0. The minimum absolute atomic E-state index is 0.145. The molecule has 0 radical (unpaired) electrons. The van der Waals surface area contributed by atoms with Gasteiger partial charge in [0.25, 0.3) is 11.4 Å². The lowest BCUT2D eigenvalue weighted by atomic mass is 10.1. The molecule has 0 amide bonds. The van der Waals surface area contributed by atoms with Gasteiger partial charge in [0.05, 0.1) is 25.4 Å². The van der Waals surface area contributed by atoms with Crippen LogP contribution in [0.5, 0.6) is 0 Å². The molecule has 2 aliphatic rings. The van der Waals surface area contributed by atoms with Crippen molar-refractivity contribution < 1.29 is 26.7 Å². The lowest BCUT2D eigenvalue weighted by Gasteiger charge is -2.36. The second-order valence-electron chi connectivity index (χ2n) is 15.5. The number of piperazine rings is 2. The smallest absolute Gasteiger partial charge is 0.273 e. The summed E-state index contributed by atoms with van der Waals surface area (Å²) in [7, 11) is -6.92. The van der Waals surface area contributed by atoms with Crippen molar-refractivity contribution >= 4 is 54.0 Å². The van der Waals surface area contributed by atoms with Crippen LogP contribution in [0.25, 0.3) is 0 Å². The zero-order valence-electron chi connectivity index (χ0n) is 35.7. The summed E-state index contributed by atoms with van der Waals surface area (Å²) in [5.41, 5.74) is 4.67. The number of hydrogen-bond donors (Lipinski definition) is 0. The highest BCUT2D eigenvalue weighted by atomic mass is 35.5. The lowest BCUT2D eigenvalue weighted by molar-refractivity contribution is -0.385. The van der Waals surface area contributed by atoms with Gasteiger partial charge in [0.2, 0.25) is 0 Å². The monoisotopic (exact) mass is 938 g/mol. The van der Waals surface area contributed by atoms with E-state index < -0.39 is 30.4 Å². The van der Waals surface area contributed by atoms with Crippen LogP contribution in [0.2, 0.25) is 0 Å². The number of benzene rings is 6. The molecular formula is C48H51ClN6O8S2. The van der Waals surface area contributed by atoms with E-state index in [0.717, 1.165) is 76.8 Å². The van der Waals surface area contributed by atoms with E-state index in [1.54, 1.807) is 60.7 Å². The highest BCUT2D eigenvalue weighted by Gasteiger charge is 2.25. The Kier molecular flexibility index (Phi) is 17.2. The molecule has 2 fully saturated rings. The summed E-state index contributed by atoms with van der Waals surface area (Å²) in [4.78, 5) is 31.0. The number of nitrogens with zero attached hydrogens (tertiary/aromatic N) is 6. The van der Waals surface area contributed by atoms with Gasteiger partial charge in [0.15, 0.2) is 19.7 Å². The molecule has 8 rings (SSSR count). The second kappa shape index (κ2) is 23.1. The van der Waals surface area contributed by atoms with Crippen molar-refractivity contribution in [3.05, 3.63) is 201 Å². The molecule has 0 aliphatic carbocycles. The molecule has 2 heterocycles. The van der Waals surface area contributed by atoms with E-state index in [1.165, 1.54) is 41.5 Å². The Bertz CT molecular complexity index is 2670. The first-order valence-corrected chi connectivity index (χ1v) is 24.8. The Balaban J connectivity index is 0.000000182. The van der Waals surface area contributed by atoms with Gasteiger partial charge in [-0.05, 0) is 59.7 Å². The first-order valence-electron chi connectivity index (χ1n) is 21.0. The Hall–Kier alpha value is -6.17. The van der Waals surface area contributed by atoms with E-state index >= 15 is 0 Å². The van der Waals surface area contributed by atoms with E-state index in [0.29, 0.717) is 0 Å². The third-order valence-corrected chi connectivity index (χ3v) is 14.8. The van der Waals surface area contributed by atoms with E-state index in [-0.39, 0.29) is 36.9 Å². The summed E-state index contributed by atoms with van der Waals surface area (Å²) < 4.78 is 47.8. The van der Waals surface area contributed by atoms with Crippen LogP contribution >= 0.6 is 11.6 Å². The first kappa shape index (κ1) is 48.3. The van der Waals surface area contributed by atoms with Crippen molar-refractivity contribution in [2.75, 3.05) is 67.4 Å². The van der Waals surface area contributed by atoms with Crippen LogP contribution < -0.4 is 9.80 Å². The number of sulfone groups is 2. The molecule has 0 atom stereocenters. The quantitative estimate of drug-likeness (QED) is 0.0617. The van der Waals surface area contributed by atoms with Crippen LogP contribution in [0.15, 0.2) is 174 Å². The minimum Gasteiger partial charge on any atom is -0.369 e. The summed E-state index contributed by atoms with van der Waals surface area (Å²) in [5.74, 6) is -0.408. The maximum atomic E-state index is 12.8. The number of non-ortho nitro benzene ring substituents is 1. The van der Waals surface area contributed by atoms with E-state index in [9.17, 15) is 37.1 Å². The van der Waals surface area contributed by atoms with Crippen molar-refractivity contribution in [3.63, 3.8) is 0 Å². The summed E-state index contributed by atoms with van der Waals surface area (Å²) in [6.45, 7) is 9.05. The van der Waals surface area contributed by atoms with Crippen LogP contribution in [0.1, 0.15) is 16.7 Å². The highest BCUT2D eigenvalue weighted by molar-refractivity contribution is 7.92. The SMILES string of the molecule is O=S(=O)(CCl)c1ccccc1.O=[N+]([O-])c1ccc(N2CCN(Cc3ccccc3)CC2)cc1.O=[N+]([O-])c1ccc(N2CCN(Cc3ccccc3)CC2)cc1CS(=O)(=O)c1ccccc1. The summed E-state index contributed by atoms with van der Waals surface area (Å²) in [5, 5.41) is 21.9. The molecule has 6 aromatic carbocycles. The van der Waals surface area contributed by atoms with Crippen molar-refractivity contribution in [2.45, 2.75) is 28.6 Å². The molecule has 2 aliphatic heterocycles. The lowest BCUT2D eigenvalue weighted by Crippen LogP contribution is -2.46. The largest absolute Gasteiger partial charge is 0.369 e. The normalized spacial score (nSPS) is 14.6. The number of anilines is 2. The van der Waals surface area contributed by atoms with Crippen molar-refractivity contribution in [1.29, 1.82) is 0 Å². The molecule has 0 saturated carbocycles. The number of hydrogen-bond acceptors (Lipinski definition) is 12. The Morgan fingerprint density at radius 3 is 1.29 bits per heavy atom. The van der Waals surface area contributed by atoms with Crippen LogP contribution in [-0.2, 0) is 38.5 Å². The standard InChI is InChI=1S/C24H25N3O4S.C17H19N3O2.C7H7ClO2S/c28-27(29)24-12-11-22(17-21(24)19-32(30,31)23-9-5-2-6-10-23)26-15-13-25(14-16-26)18-20-7-3-1-4-8-20;21-20(22)17-8-6-16(7-9-17)19-12-10-18(11-13-19)14-15-4-2-1-3-5-15;8-6-11(9,10)7-4-2-1-3-5-7/h1-12,17H,13-16,18-19H2;1-9H,10-14H2;1-5H,6H2. The van der Waals surface area contributed by atoms with Gasteiger partial charge in [-0.3, -0.25) is 30.0 Å². The van der Waals surface area contributed by atoms with Crippen LogP contribution in [0.3, 0.4) is 0 Å². The predicted molar refractivity (Wildman–Crippen MR) is 256 cm³/mol. The molecule has 0 unspecified atom stereocenters. The van der Waals surface area contributed by atoms with Gasteiger partial charge in [0.1, 0.15) is 5.21 Å². The van der Waals surface area contributed by atoms with Crippen LogP contribution in [-0.4, -0.2) is 94.1 Å². The minimum atomic E-state index is -3.69. The molecule has 65 heavy (non-hydrogen) atoms. The zero-order chi connectivity index (χ0) is 46.2. The maximum Gasteiger partial charge on any atom is 0.273 e. The summed E-state index contributed by atoms with van der Waals surface area (Å²) >= 11 is 5.24. The molecule has 0 aromatic heterocycles. The molecule has 17 heteroatoms. The van der Waals surface area contributed by atoms with Gasteiger partial charge in [-0.1, -0.05) is 97.1 Å². The van der Waals surface area contributed by atoms with Gasteiger partial charge in [-0.2, -0.15) is 0 Å². The molecule has 2 saturated heterocycles. The fourth-order valence-electron chi connectivity index (χ4n) is 7.47. The van der Waals surface area contributed by atoms with Crippen LogP contribution in [0.4, 0.5) is 22.7 Å². The average Bonchev–Trinajstić information content (AvgIpc) is 3.33. The van der Waals surface area contributed by atoms with Crippen molar-refractivity contribution in [2.24, 2.45) is 0 Å². The summed E-state index contributed by atoms with van der Waals surface area (Å²) in [6, 6.07) is 48.6. The molecular weight excluding hydrogens is 888 g/mol. The van der Waals surface area contributed by atoms with Gasteiger partial charge >= 0.3 is 0 Å². The predicted octanol–water partition coefficient (Wildman–Crippen LogP) is 8.46. The zero-order valence-corrected chi connectivity index (χ0v) is 38.1. The number of rotatable bonds is 13. The van der Waals surface area contributed by atoms with Crippen molar-refractivity contribution in [3.8, 4) is 0 Å². The first-order chi connectivity index (χ1) is 31.3. The maximum absolute atomic E-state index is 12.8.